The van der Waals surface area contributed by atoms with E-state index in [4.69, 9.17) is 21.4 Å². The van der Waals surface area contributed by atoms with Crippen molar-refractivity contribution in [2.45, 2.75) is 37.8 Å². The molecule has 0 spiro atoms. The van der Waals surface area contributed by atoms with E-state index in [-0.39, 0.29) is 6.09 Å². The monoisotopic (exact) mass is 612 g/mol. The highest BCUT2D eigenvalue weighted by Gasteiger charge is 2.26. The second-order valence-corrected chi connectivity index (χ2v) is 14.6. The number of halogens is 1. The molecule has 0 atom stereocenters. The van der Waals surface area contributed by atoms with Crippen LogP contribution < -0.4 is 0 Å². The molecule has 1 amide bonds. The zero-order valence-corrected chi connectivity index (χ0v) is 25.9. The van der Waals surface area contributed by atoms with Crippen molar-refractivity contribution >= 4 is 38.9 Å². The summed E-state index contributed by atoms with van der Waals surface area (Å²) in [6.45, 7) is 8.86. The summed E-state index contributed by atoms with van der Waals surface area (Å²) in [6, 6.07) is 20.7. The molecule has 0 N–H and O–H groups in total. The van der Waals surface area contributed by atoms with Gasteiger partial charge in [-0.05, 0) is 68.8 Å². The van der Waals surface area contributed by atoms with E-state index >= 15 is 0 Å². The van der Waals surface area contributed by atoms with Gasteiger partial charge < -0.3 is 9.64 Å². The van der Waals surface area contributed by atoms with Gasteiger partial charge in [0.1, 0.15) is 5.60 Å². The van der Waals surface area contributed by atoms with Crippen molar-refractivity contribution in [2.24, 2.45) is 0 Å². The molecule has 1 aliphatic rings. The first-order valence-corrected chi connectivity index (χ1v) is 16.4. The van der Waals surface area contributed by atoms with E-state index in [0.717, 1.165) is 32.4 Å². The van der Waals surface area contributed by atoms with E-state index in [9.17, 15) is 13.2 Å². The Morgan fingerprint density at radius 3 is 2.37 bits per heavy atom. The van der Waals surface area contributed by atoms with Gasteiger partial charge in [0, 0.05) is 43.9 Å². The third kappa shape index (κ3) is 7.01. The van der Waals surface area contributed by atoms with Gasteiger partial charge in [0.2, 0.25) is 0 Å². The van der Waals surface area contributed by atoms with Crippen molar-refractivity contribution in [1.82, 2.24) is 19.6 Å². The van der Waals surface area contributed by atoms with E-state index in [0.29, 0.717) is 42.6 Å². The number of ether oxygens (including phenoxy) is 1. The molecule has 41 heavy (non-hydrogen) atoms. The van der Waals surface area contributed by atoms with Crippen molar-refractivity contribution in [2.75, 3.05) is 32.4 Å². The van der Waals surface area contributed by atoms with E-state index in [2.05, 4.69) is 11.0 Å². The van der Waals surface area contributed by atoms with Gasteiger partial charge in [0.05, 0.1) is 31.9 Å². The maximum atomic E-state index is 12.5. The summed E-state index contributed by atoms with van der Waals surface area (Å²) in [5, 5.41) is 5.55. The summed E-state index contributed by atoms with van der Waals surface area (Å²) in [7, 11) is -3.31. The van der Waals surface area contributed by atoms with Gasteiger partial charge in [-0.2, -0.15) is 5.10 Å². The Hall–Kier alpha value is -3.18. The molecule has 216 valence electrons. The number of para-hydroxylation sites is 1. The second-order valence-electron chi connectivity index (χ2n) is 11.1. The lowest BCUT2D eigenvalue weighted by Crippen LogP contribution is -2.49. The number of nitrogens with zero attached hydrogens (tertiary/aromatic N) is 4. The first-order chi connectivity index (χ1) is 19.4. The van der Waals surface area contributed by atoms with E-state index in [1.807, 2.05) is 67.9 Å². The number of rotatable bonds is 6. The van der Waals surface area contributed by atoms with E-state index in [1.54, 1.807) is 34.4 Å². The number of hydrogen-bond acceptors (Lipinski definition) is 7. The highest BCUT2D eigenvalue weighted by Crippen LogP contribution is 2.37. The summed E-state index contributed by atoms with van der Waals surface area (Å²) in [5.41, 5.74) is 2.89. The molecule has 4 aromatic rings. The minimum absolute atomic E-state index is 0.280. The molecular weight excluding hydrogens is 580 g/mol. The molecule has 0 unspecified atom stereocenters. The molecule has 3 heterocycles. The lowest BCUT2D eigenvalue weighted by Gasteiger charge is -2.35. The average Bonchev–Trinajstić information content (AvgIpc) is 3.56. The Morgan fingerprint density at radius 2 is 1.68 bits per heavy atom. The zero-order chi connectivity index (χ0) is 29.4. The normalized spacial score (nSPS) is 14.8. The lowest BCUT2D eigenvalue weighted by atomic mass is 10.2. The van der Waals surface area contributed by atoms with Crippen LogP contribution in [0.5, 0.6) is 0 Å². The zero-order valence-electron chi connectivity index (χ0n) is 23.5. The van der Waals surface area contributed by atoms with Crippen LogP contribution in [0.25, 0.3) is 26.7 Å². The van der Waals surface area contributed by atoms with Gasteiger partial charge in [-0.1, -0.05) is 35.9 Å². The summed E-state index contributed by atoms with van der Waals surface area (Å²) in [6.07, 6.45) is 0.936. The summed E-state index contributed by atoms with van der Waals surface area (Å²) >= 11 is 8.17. The largest absolute Gasteiger partial charge is 0.444 e. The third-order valence-corrected chi connectivity index (χ3v) is 9.24. The minimum Gasteiger partial charge on any atom is -0.444 e. The summed E-state index contributed by atoms with van der Waals surface area (Å²) in [4.78, 5) is 18.7. The molecule has 2 aromatic carbocycles. The van der Waals surface area contributed by atoms with Crippen LogP contribution in [0.1, 0.15) is 26.5 Å². The first kappa shape index (κ1) is 29.3. The Kier molecular flexibility index (Phi) is 8.29. The molecule has 0 saturated carbocycles. The lowest BCUT2D eigenvalue weighted by molar-refractivity contribution is 0.0138. The van der Waals surface area contributed by atoms with E-state index < -0.39 is 15.4 Å². The number of benzene rings is 2. The quantitative estimate of drug-likeness (QED) is 0.251. The molecule has 5 rings (SSSR count). The van der Waals surface area contributed by atoms with Crippen LogP contribution in [-0.4, -0.2) is 72.1 Å². The molecule has 1 aliphatic heterocycles. The Balaban J connectivity index is 1.40. The van der Waals surface area contributed by atoms with Gasteiger partial charge in [0.15, 0.2) is 9.84 Å². The number of carbonyl (C=O) groups is 1. The fourth-order valence-corrected chi connectivity index (χ4v) is 6.53. The standard InChI is InChI=1S/C30H33ClN4O4S2/c1-30(2,3)39-29(36)34-16-14-33(15-17-34)20-22-19-26(35(32-22)25-11-6-5-10-24(25)31)28-13-12-27(40-28)21-8-7-9-23(18-21)41(4,37)38/h5-13,18-19H,14-17,20H2,1-4H3. The Bertz CT molecular complexity index is 1670. The minimum atomic E-state index is -3.31. The maximum absolute atomic E-state index is 12.5. The van der Waals surface area contributed by atoms with E-state index in [1.165, 1.54) is 6.26 Å². The van der Waals surface area contributed by atoms with Gasteiger partial charge in [0.25, 0.3) is 0 Å². The fraction of sp³-hybridized carbons (Fsp3) is 0.333. The second kappa shape index (κ2) is 11.6. The number of thiophene rings is 1. The highest BCUT2D eigenvalue weighted by atomic mass is 35.5. The number of piperazine rings is 1. The average molecular weight is 613 g/mol. The number of sulfone groups is 1. The Morgan fingerprint density at radius 1 is 0.976 bits per heavy atom. The van der Waals surface area contributed by atoms with Crippen molar-refractivity contribution in [3.8, 4) is 26.7 Å². The molecule has 0 radical (unpaired) electrons. The molecule has 0 bridgehead atoms. The van der Waals surface area contributed by atoms with Crippen LogP contribution in [0.4, 0.5) is 4.79 Å². The molecule has 1 saturated heterocycles. The van der Waals surface area contributed by atoms with Crippen LogP contribution in [0, 0.1) is 0 Å². The predicted octanol–water partition coefficient (Wildman–Crippen LogP) is 6.38. The molecule has 0 aliphatic carbocycles. The SMILES string of the molecule is CC(C)(C)OC(=O)N1CCN(Cc2cc(-c3ccc(-c4cccc(S(C)(=O)=O)c4)s3)n(-c3ccccc3Cl)n2)CC1. The first-order valence-electron chi connectivity index (χ1n) is 13.3. The number of carbonyl (C=O) groups excluding carboxylic acids is 1. The fourth-order valence-electron chi connectivity index (χ4n) is 4.64. The van der Waals surface area contributed by atoms with Gasteiger partial charge in [-0.3, -0.25) is 4.90 Å². The molecule has 1 fully saturated rings. The third-order valence-electron chi connectivity index (χ3n) is 6.66. The van der Waals surface area contributed by atoms with Gasteiger partial charge >= 0.3 is 6.09 Å². The smallest absolute Gasteiger partial charge is 0.410 e. The molecule has 2 aromatic heterocycles. The Labute approximate surface area is 250 Å². The van der Waals surface area contributed by atoms with Gasteiger partial charge in [-0.15, -0.1) is 11.3 Å². The van der Waals surface area contributed by atoms with Crippen molar-refractivity contribution in [1.29, 1.82) is 0 Å². The van der Waals surface area contributed by atoms with Crippen LogP contribution in [0.2, 0.25) is 5.02 Å². The molecular formula is C30H33ClN4O4S2. The van der Waals surface area contributed by atoms with Crippen LogP contribution in [-0.2, 0) is 21.1 Å². The van der Waals surface area contributed by atoms with Crippen molar-refractivity contribution in [3.63, 3.8) is 0 Å². The number of amides is 1. The molecule has 11 heteroatoms. The predicted molar refractivity (Wildman–Crippen MR) is 164 cm³/mol. The van der Waals surface area contributed by atoms with Crippen LogP contribution in [0.15, 0.2) is 71.6 Å². The highest BCUT2D eigenvalue weighted by molar-refractivity contribution is 7.90. The summed E-state index contributed by atoms with van der Waals surface area (Å²) in [5.74, 6) is 0. The van der Waals surface area contributed by atoms with Crippen molar-refractivity contribution in [3.05, 3.63) is 77.4 Å². The number of aromatic nitrogens is 2. The van der Waals surface area contributed by atoms with Gasteiger partial charge in [-0.25, -0.2) is 17.9 Å². The summed E-state index contributed by atoms with van der Waals surface area (Å²) < 4.78 is 31.6. The number of hydrogen-bond donors (Lipinski definition) is 0. The van der Waals surface area contributed by atoms with Crippen LogP contribution in [0.3, 0.4) is 0 Å². The van der Waals surface area contributed by atoms with Crippen LogP contribution >= 0.6 is 22.9 Å². The maximum Gasteiger partial charge on any atom is 0.410 e. The topological polar surface area (TPSA) is 84.7 Å². The molecule has 8 nitrogen and oxygen atoms in total. The van der Waals surface area contributed by atoms with Crippen molar-refractivity contribution < 1.29 is 17.9 Å².